The number of halogens is 3. The molecule has 0 aliphatic heterocycles. The van der Waals surface area contributed by atoms with Crippen LogP contribution in [0.3, 0.4) is 0 Å². The van der Waals surface area contributed by atoms with Gasteiger partial charge in [0.25, 0.3) is 0 Å². The van der Waals surface area contributed by atoms with Crippen LogP contribution < -0.4 is 5.32 Å². The summed E-state index contributed by atoms with van der Waals surface area (Å²) in [5.41, 5.74) is 0. The van der Waals surface area contributed by atoms with Crippen molar-refractivity contribution in [1.82, 2.24) is 5.32 Å². The second-order valence-electron chi connectivity index (χ2n) is 3.27. The fourth-order valence-corrected chi connectivity index (χ4v) is 0.801. The standard InChI is InChI=1S/C8H16F3NO/c1-6(5-13)7(2)12-4-3-8(9,10)11/h6-7,12-13H,3-5H2,1-2H3. The van der Waals surface area contributed by atoms with Gasteiger partial charge in [0.1, 0.15) is 0 Å². The van der Waals surface area contributed by atoms with E-state index in [1.54, 1.807) is 13.8 Å². The Hall–Kier alpha value is -0.290. The van der Waals surface area contributed by atoms with Crippen molar-refractivity contribution in [2.24, 2.45) is 5.92 Å². The van der Waals surface area contributed by atoms with Crippen LogP contribution in [-0.2, 0) is 0 Å². The molecule has 0 saturated carbocycles. The van der Waals surface area contributed by atoms with Crippen LogP contribution in [0.2, 0.25) is 0 Å². The summed E-state index contributed by atoms with van der Waals surface area (Å²) in [7, 11) is 0. The first-order chi connectivity index (χ1) is 5.87. The van der Waals surface area contributed by atoms with Crippen LogP contribution in [0, 0.1) is 5.92 Å². The van der Waals surface area contributed by atoms with Gasteiger partial charge in [-0.05, 0) is 12.8 Å². The van der Waals surface area contributed by atoms with E-state index in [1.807, 2.05) is 0 Å². The van der Waals surface area contributed by atoms with Gasteiger partial charge < -0.3 is 10.4 Å². The second-order valence-corrected chi connectivity index (χ2v) is 3.27. The number of hydrogen-bond donors (Lipinski definition) is 2. The third-order valence-corrected chi connectivity index (χ3v) is 2.02. The van der Waals surface area contributed by atoms with Gasteiger partial charge in [0, 0.05) is 19.2 Å². The van der Waals surface area contributed by atoms with Crippen molar-refractivity contribution in [2.75, 3.05) is 13.2 Å². The highest BCUT2D eigenvalue weighted by Crippen LogP contribution is 2.18. The smallest absolute Gasteiger partial charge is 0.390 e. The summed E-state index contributed by atoms with van der Waals surface area (Å²) in [5.74, 6) is -0.0202. The number of aliphatic hydroxyl groups excluding tert-OH is 1. The molecule has 0 fully saturated rings. The molecule has 2 unspecified atom stereocenters. The molecule has 0 aliphatic carbocycles. The zero-order valence-corrected chi connectivity index (χ0v) is 7.86. The summed E-state index contributed by atoms with van der Waals surface area (Å²) < 4.78 is 35.1. The molecule has 80 valence electrons. The average molecular weight is 199 g/mol. The number of alkyl halides is 3. The monoisotopic (exact) mass is 199 g/mol. The van der Waals surface area contributed by atoms with E-state index in [2.05, 4.69) is 5.32 Å². The van der Waals surface area contributed by atoms with E-state index >= 15 is 0 Å². The number of nitrogens with one attached hydrogen (secondary N) is 1. The van der Waals surface area contributed by atoms with Gasteiger partial charge >= 0.3 is 6.18 Å². The molecular formula is C8H16F3NO. The molecule has 13 heavy (non-hydrogen) atoms. The molecule has 0 rings (SSSR count). The highest BCUT2D eigenvalue weighted by molar-refractivity contribution is 4.68. The highest BCUT2D eigenvalue weighted by atomic mass is 19.4. The van der Waals surface area contributed by atoms with Crippen molar-refractivity contribution in [3.63, 3.8) is 0 Å². The van der Waals surface area contributed by atoms with Crippen LogP contribution in [0.25, 0.3) is 0 Å². The van der Waals surface area contributed by atoms with E-state index in [1.165, 1.54) is 0 Å². The third kappa shape index (κ3) is 6.83. The van der Waals surface area contributed by atoms with E-state index in [0.29, 0.717) is 0 Å². The summed E-state index contributed by atoms with van der Waals surface area (Å²) in [6, 6.07) is -0.0904. The minimum atomic E-state index is -4.10. The Morgan fingerprint density at radius 1 is 1.31 bits per heavy atom. The van der Waals surface area contributed by atoms with Gasteiger partial charge in [-0.3, -0.25) is 0 Å². The topological polar surface area (TPSA) is 32.3 Å². The Kier molecular flexibility index (Phi) is 5.32. The van der Waals surface area contributed by atoms with Crippen molar-refractivity contribution in [1.29, 1.82) is 0 Å². The molecule has 2 atom stereocenters. The second kappa shape index (κ2) is 5.44. The summed E-state index contributed by atoms with van der Waals surface area (Å²) in [4.78, 5) is 0. The molecule has 0 aliphatic rings. The largest absolute Gasteiger partial charge is 0.396 e. The Bertz CT molecular complexity index is 138. The zero-order valence-electron chi connectivity index (χ0n) is 7.86. The fraction of sp³-hybridized carbons (Fsp3) is 1.00. The Morgan fingerprint density at radius 3 is 2.23 bits per heavy atom. The summed E-state index contributed by atoms with van der Waals surface area (Å²) in [6.45, 7) is 3.44. The van der Waals surface area contributed by atoms with Crippen LogP contribution in [0.1, 0.15) is 20.3 Å². The predicted octanol–water partition coefficient (Wildman–Crippen LogP) is 1.55. The van der Waals surface area contributed by atoms with Gasteiger partial charge in [0.05, 0.1) is 6.42 Å². The minimum Gasteiger partial charge on any atom is -0.396 e. The van der Waals surface area contributed by atoms with Crippen LogP contribution in [0.4, 0.5) is 13.2 Å². The molecule has 2 nitrogen and oxygen atoms in total. The average Bonchev–Trinajstić information content (AvgIpc) is 2.00. The molecule has 0 aromatic heterocycles. The first-order valence-electron chi connectivity index (χ1n) is 4.28. The summed E-state index contributed by atoms with van der Waals surface area (Å²) in [5, 5.41) is 11.4. The van der Waals surface area contributed by atoms with Gasteiger partial charge in [-0.25, -0.2) is 0 Å². The Labute approximate surface area is 76.1 Å². The van der Waals surface area contributed by atoms with E-state index in [9.17, 15) is 13.2 Å². The molecular weight excluding hydrogens is 183 g/mol. The van der Waals surface area contributed by atoms with Gasteiger partial charge in [0.2, 0.25) is 0 Å². The number of rotatable bonds is 5. The quantitative estimate of drug-likeness (QED) is 0.704. The number of aliphatic hydroxyl groups is 1. The van der Waals surface area contributed by atoms with Crippen LogP contribution in [0.15, 0.2) is 0 Å². The molecule has 0 aromatic rings. The molecule has 2 N–H and O–H groups in total. The molecule has 0 radical (unpaired) electrons. The first-order valence-corrected chi connectivity index (χ1v) is 4.28. The lowest BCUT2D eigenvalue weighted by Crippen LogP contribution is -2.35. The van der Waals surface area contributed by atoms with Gasteiger partial charge in [-0.1, -0.05) is 6.92 Å². The maximum absolute atomic E-state index is 11.7. The SMILES string of the molecule is CC(CO)C(C)NCCC(F)(F)F. The van der Waals surface area contributed by atoms with Crippen LogP contribution in [-0.4, -0.2) is 30.5 Å². The molecule has 0 bridgehead atoms. The molecule has 5 heteroatoms. The zero-order chi connectivity index (χ0) is 10.5. The van der Waals surface area contributed by atoms with Gasteiger partial charge in [-0.2, -0.15) is 13.2 Å². The lowest BCUT2D eigenvalue weighted by molar-refractivity contribution is -0.133. The lowest BCUT2D eigenvalue weighted by atomic mass is 10.1. The third-order valence-electron chi connectivity index (χ3n) is 2.02. The van der Waals surface area contributed by atoms with Gasteiger partial charge in [-0.15, -0.1) is 0 Å². The van der Waals surface area contributed by atoms with Crippen molar-refractivity contribution in [3.05, 3.63) is 0 Å². The van der Waals surface area contributed by atoms with E-state index in [-0.39, 0.29) is 25.1 Å². The van der Waals surface area contributed by atoms with Gasteiger partial charge in [0.15, 0.2) is 0 Å². The van der Waals surface area contributed by atoms with E-state index in [4.69, 9.17) is 5.11 Å². The van der Waals surface area contributed by atoms with E-state index in [0.717, 1.165) is 0 Å². The molecule has 0 saturated heterocycles. The summed E-state index contributed by atoms with van der Waals surface area (Å²) >= 11 is 0. The maximum Gasteiger partial charge on any atom is 0.390 e. The molecule has 0 amide bonds. The molecule has 0 aromatic carbocycles. The molecule has 0 spiro atoms. The van der Waals surface area contributed by atoms with Crippen molar-refractivity contribution in [3.8, 4) is 0 Å². The van der Waals surface area contributed by atoms with Crippen LogP contribution in [0.5, 0.6) is 0 Å². The Balaban J connectivity index is 3.53. The van der Waals surface area contributed by atoms with E-state index < -0.39 is 12.6 Å². The van der Waals surface area contributed by atoms with Crippen molar-refractivity contribution in [2.45, 2.75) is 32.5 Å². The van der Waals surface area contributed by atoms with Crippen molar-refractivity contribution >= 4 is 0 Å². The fourth-order valence-electron chi connectivity index (χ4n) is 0.801. The van der Waals surface area contributed by atoms with Crippen LogP contribution >= 0.6 is 0 Å². The minimum absolute atomic E-state index is 0.0137. The summed E-state index contributed by atoms with van der Waals surface area (Å²) in [6.07, 6.45) is -4.93. The maximum atomic E-state index is 11.7. The highest BCUT2D eigenvalue weighted by Gasteiger charge is 2.26. The normalized spacial score (nSPS) is 17.1. The molecule has 0 heterocycles. The lowest BCUT2D eigenvalue weighted by Gasteiger charge is -2.19. The van der Waals surface area contributed by atoms with Crippen molar-refractivity contribution < 1.29 is 18.3 Å². The Morgan fingerprint density at radius 2 is 1.85 bits per heavy atom. The number of hydrogen-bond acceptors (Lipinski definition) is 2. The first kappa shape index (κ1) is 12.7. The predicted molar refractivity (Wildman–Crippen MR) is 44.4 cm³/mol.